The second-order valence-corrected chi connectivity index (χ2v) is 7.88. The van der Waals surface area contributed by atoms with E-state index in [1.54, 1.807) is 11.2 Å². The molecule has 4 heteroatoms. The minimum atomic E-state index is -0.0832. The number of rotatable bonds is 7. The molecule has 28 heavy (non-hydrogen) atoms. The van der Waals surface area contributed by atoms with E-state index in [2.05, 4.69) is 20.8 Å². The summed E-state index contributed by atoms with van der Waals surface area (Å²) in [6.07, 6.45) is 1.62. The number of hydrogen-bond acceptors (Lipinski definition) is 3. The van der Waals surface area contributed by atoms with Gasteiger partial charge in [-0.2, -0.15) is 0 Å². The zero-order valence-corrected chi connectivity index (χ0v) is 16.7. The molecule has 0 bridgehead atoms. The van der Waals surface area contributed by atoms with E-state index >= 15 is 0 Å². The summed E-state index contributed by atoms with van der Waals surface area (Å²) >= 11 is 0. The molecule has 2 aromatic carbocycles. The quantitative estimate of drug-likeness (QED) is 0.569. The van der Waals surface area contributed by atoms with Crippen LogP contribution >= 0.6 is 0 Å². The molecule has 1 heterocycles. The van der Waals surface area contributed by atoms with Crippen LogP contribution < -0.4 is 4.74 Å². The monoisotopic (exact) mass is 377 g/mol. The van der Waals surface area contributed by atoms with Gasteiger partial charge in [-0.05, 0) is 40.8 Å². The van der Waals surface area contributed by atoms with E-state index in [4.69, 9.17) is 9.15 Å². The van der Waals surface area contributed by atoms with Crippen molar-refractivity contribution in [1.29, 1.82) is 0 Å². The molecule has 0 unspecified atom stereocenters. The minimum absolute atomic E-state index is 0.0115. The molecular weight excluding hydrogens is 350 g/mol. The number of ether oxygens (including phenoxy) is 1. The van der Waals surface area contributed by atoms with Crippen molar-refractivity contribution in [2.75, 3.05) is 6.61 Å². The molecule has 0 spiro atoms. The topological polar surface area (TPSA) is 42.7 Å². The lowest BCUT2D eigenvalue weighted by Crippen LogP contribution is -2.34. The SMILES string of the molecule is CC(C)(C)c1ccc(OCC(=O)N(Cc2ccccc2)Cc2ccco2)cc1. The fraction of sp³-hybridized carbons (Fsp3) is 0.292. The Bertz CT molecular complexity index is 862. The van der Waals surface area contributed by atoms with E-state index in [0.29, 0.717) is 18.8 Å². The molecule has 0 aliphatic rings. The predicted molar refractivity (Wildman–Crippen MR) is 110 cm³/mol. The molecule has 0 atom stereocenters. The van der Waals surface area contributed by atoms with Gasteiger partial charge in [0.15, 0.2) is 6.61 Å². The number of amides is 1. The van der Waals surface area contributed by atoms with Crippen molar-refractivity contribution in [1.82, 2.24) is 4.90 Å². The van der Waals surface area contributed by atoms with Crippen LogP contribution in [0.3, 0.4) is 0 Å². The second-order valence-electron chi connectivity index (χ2n) is 7.88. The lowest BCUT2D eigenvalue weighted by Gasteiger charge is -2.22. The highest BCUT2D eigenvalue weighted by Crippen LogP contribution is 2.24. The summed E-state index contributed by atoms with van der Waals surface area (Å²) in [7, 11) is 0. The van der Waals surface area contributed by atoms with Crippen LogP contribution in [-0.4, -0.2) is 17.4 Å². The van der Waals surface area contributed by atoms with Crippen LogP contribution in [0.25, 0.3) is 0 Å². The molecule has 0 aliphatic heterocycles. The third kappa shape index (κ3) is 5.49. The van der Waals surface area contributed by atoms with Crippen molar-refractivity contribution < 1.29 is 13.9 Å². The zero-order chi connectivity index (χ0) is 20.0. The van der Waals surface area contributed by atoms with Crippen LogP contribution in [0.1, 0.15) is 37.7 Å². The van der Waals surface area contributed by atoms with Gasteiger partial charge in [-0.25, -0.2) is 0 Å². The summed E-state index contributed by atoms with van der Waals surface area (Å²) in [5.74, 6) is 1.36. The van der Waals surface area contributed by atoms with Gasteiger partial charge in [0.25, 0.3) is 5.91 Å². The fourth-order valence-electron chi connectivity index (χ4n) is 2.91. The summed E-state index contributed by atoms with van der Waals surface area (Å²) in [4.78, 5) is 14.6. The van der Waals surface area contributed by atoms with Crippen molar-refractivity contribution in [3.63, 3.8) is 0 Å². The molecule has 0 N–H and O–H groups in total. The minimum Gasteiger partial charge on any atom is -0.484 e. The Kier molecular flexibility index (Phi) is 6.19. The molecular formula is C24H27NO3. The zero-order valence-electron chi connectivity index (χ0n) is 16.7. The van der Waals surface area contributed by atoms with Crippen molar-refractivity contribution in [2.24, 2.45) is 0 Å². The van der Waals surface area contributed by atoms with E-state index in [-0.39, 0.29) is 17.9 Å². The first-order valence-corrected chi connectivity index (χ1v) is 9.49. The summed E-state index contributed by atoms with van der Waals surface area (Å²) in [5.41, 5.74) is 2.38. The van der Waals surface area contributed by atoms with Crippen molar-refractivity contribution in [3.8, 4) is 5.75 Å². The first kappa shape index (κ1) is 19.7. The van der Waals surface area contributed by atoms with Crippen molar-refractivity contribution in [2.45, 2.75) is 39.3 Å². The van der Waals surface area contributed by atoms with E-state index in [9.17, 15) is 4.79 Å². The molecule has 0 saturated carbocycles. The fourth-order valence-corrected chi connectivity index (χ4v) is 2.91. The average molecular weight is 377 g/mol. The molecule has 0 fully saturated rings. The molecule has 146 valence electrons. The highest BCUT2D eigenvalue weighted by atomic mass is 16.5. The smallest absolute Gasteiger partial charge is 0.261 e. The van der Waals surface area contributed by atoms with Gasteiger partial charge in [-0.15, -0.1) is 0 Å². The first-order chi connectivity index (χ1) is 13.4. The molecule has 1 aromatic heterocycles. The number of carbonyl (C=O) groups is 1. The van der Waals surface area contributed by atoms with Gasteiger partial charge in [-0.3, -0.25) is 4.79 Å². The van der Waals surface area contributed by atoms with Crippen LogP contribution in [0.2, 0.25) is 0 Å². The van der Waals surface area contributed by atoms with E-state index < -0.39 is 0 Å². The molecule has 3 aromatic rings. The number of benzene rings is 2. The molecule has 1 amide bonds. The number of carbonyl (C=O) groups excluding carboxylic acids is 1. The summed E-state index contributed by atoms with van der Waals surface area (Å²) < 4.78 is 11.2. The predicted octanol–water partition coefficient (Wildman–Crippen LogP) is 5.18. The standard InChI is InChI=1S/C24H27NO3/c1-24(2,3)20-11-13-21(14-12-20)28-18-23(26)25(17-22-10-7-15-27-22)16-19-8-5-4-6-9-19/h4-15H,16-18H2,1-3H3. The Balaban J connectivity index is 1.65. The molecule has 3 rings (SSSR count). The lowest BCUT2D eigenvalue weighted by molar-refractivity contribution is -0.134. The van der Waals surface area contributed by atoms with Crippen molar-refractivity contribution >= 4 is 5.91 Å². The molecule has 4 nitrogen and oxygen atoms in total. The van der Waals surface area contributed by atoms with E-state index in [1.165, 1.54) is 5.56 Å². The molecule has 0 radical (unpaired) electrons. The highest BCUT2D eigenvalue weighted by molar-refractivity contribution is 5.77. The Morgan fingerprint density at radius 1 is 0.929 bits per heavy atom. The van der Waals surface area contributed by atoms with Gasteiger partial charge in [0.1, 0.15) is 11.5 Å². The number of nitrogens with zero attached hydrogens (tertiary/aromatic N) is 1. The summed E-state index contributed by atoms with van der Waals surface area (Å²) in [6.45, 7) is 7.41. The van der Waals surface area contributed by atoms with Crippen LogP contribution in [-0.2, 0) is 23.3 Å². The first-order valence-electron chi connectivity index (χ1n) is 9.49. The van der Waals surface area contributed by atoms with Crippen LogP contribution in [0.4, 0.5) is 0 Å². The van der Waals surface area contributed by atoms with Gasteiger partial charge >= 0.3 is 0 Å². The maximum atomic E-state index is 12.8. The maximum Gasteiger partial charge on any atom is 0.261 e. The largest absolute Gasteiger partial charge is 0.484 e. The van der Waals surface area contributed by atoms with Gasteiger partial charge in [-0.1, -0.05) is 63.2 Å². The van der Waals surface area contributed by atoms with Crippen LogP contribution in [0, 0.1) is 0 Å². The van der Waals surface area contributed by atoms with Gasteiger partial charge in [0.05, 0.1) is 12.8 Å². The number of hydrogen-bond donors (Lipinski definition) is 0. The maximum absolute atomic E-state index is 12.8. The lowest BCUT2D eigenvalue weighted by atomic mass is 9.87. The Morgan fingerprint density at radius 2 is 1.64 bits per heavy atom. The van der Waals surface area contributed by atoms with Gasteiger partial charge in [0.2, 0.25) is 0 Å². The van der Waals surface area contributed by atoms with Gasteiger partial charge in [0, 0.05) is 6.54 Å². The Hall–Kier alpha value is -3.01. The van der Waals surface area contributed by atoms with Crippen molar-refractivity contribution in [3.05, 3.63) is 89.9 Å². The Labute approximate surface area is 166 Å². The third-order valence-electron chi connectivity index (χ3n) is 4.58. The summed E-state index contributed by atoms with van der Waals surface area (Å²) in [5, 5.41) is 0. The van der Waals surface area contributed by atoms with Gasteiger partial charge < -0.3 is 14.1 Å². The van der Waals surface area contributed by atoms with Crippen LogP contribution in [0.5, 0.6) is 5.75 Å². The molecule has 0 saturated heterocycles. The highest BCUT2D eigenvalue weighted by Gasteiger charge is 2.17. The third-order valence-corrected chi connectivity index (χ3v) is 4.58. The summed E-state index contributed by atoms with van der Waals surface area (Å²) in [6, 6.07) is 21.6. The number of furan rings is 1. The normalized spacial score (nSPS) is 11.2. The average Bonchev–Trinajstić information content (AvgIpc) is 3.19. The van der Waals surface area contributed by atoms with E-state index in [1.807, 2.05) is 66.7 Å². The molecule has 0 aliphatic carbocycles. The van der Waals surface area contributed by atoms with E-state index in [0.717, 1.165) is 11.3 Å². The Morgan fingerprint density at radius 3 is 2.25 bits per heavy atom. The van der Waals surface area contributed by atoms with Crippen LogP contribution in [0.15, 0.2) is 77.4 Å². The second kappa shape index (κ2) is 8.79.